The van der Waals surface area contributed by atoms with Crippen LogP contribution in [0.25, 0.3) is 55.0 Å². The normalized spacial score (nSPS) is 16.1. The molecule has 0 spiro atoms. The molecule has 0 saturated heterocycles. The SMILES string of the molecule is CC1(C)c2cccc3c4ccc[c-]c4c4ncc(n4c23)C1(C)C.[2H]C([2H])([2H])[n+]1[c-]n(-c2coc3ccc[c-]c23)c2ccccc21.[Ir+3]. The van der Waals surface area contributed by atoms with Crippen LogP contribution in [0.2, 0.25) is 0 Å². The van der Waals surface area contributed by atoms with E-state index in [0.29, 0.717) is 11.1 Å². The number of rotatable bonds is 1. The second-order valence-electron chi connectivity index (χ2n) is 12.0. The van der Waals surface area contributed by atoms with Crippen molar-refractivity contribution in [1.29, 1.82) is 0 Å². The van der Waals surface area contributed by atoms with Crippen LogP contribution in [-0.4, -0.2) is 14.0 Å². The third-order valence-electron chi connectivity index (χ3n) is 9.44. The van der Waals surface area contributed by atoms with E-state index in [0.717, 1.165) is 27.6 Å². The van der Waals surface area contributed by atoms with Crippen molar-refractivity contribution in [3.63, 3.8) is 0 Å². The van der Waals surface area contributed by atoms with Crippen LogP contribution in [0.5, 0.6) is 0 Å². The molecule has 8 aromatic rings. The molecule has 0 radical (unpaired) electrons. The van der Waals surface area contributed by atoms with E-state index in [-0.39, 0.29) is 30.9 Å². The van der Waals surface area contributed by atoms with Crippen LogP contribution in [0.1, 0.15) is 43.1 Å². The smallest absolute Gasteiger partial charge is 0.514 e. The third-order valence-corrected chi connectivity index (χ3v) is 9.44. The zero-order chi connectivity index (χ0) is 31.3. The molecule has 1 aliphatic rings. The maximum atomic E-state index is 7.68. The molecule has 5 nitrogen and oxygen atoms in total. The standard InChI is InChI=1S/C21H19N2.C16H11N2O.Ir/c1-20(2)16-11-7-10-14-13-8-5-6-9-15(13)19-22-12-17(21(20,3)4)23(19)18(14)16;1-17-11-18(14-8-4-3-7-13(14)17)15-10-19-16-9-5-2-6-12(15)16;/h5-8,10-12H,1-4H3;2-5,7-10H,1H3;/q2*-1;+3/i;1D3;. The topological polar surface area (TPSA) is 39.2 Å². The molecule has 0 bridgehead atoms. The molecule has 0 atom stereocenters. The van der Waals surface area contributed by atoms with E-state index in [4.69, 9.17) is 13.5 Å². The van der Waals surface area contributed by atoms with Crippen LogP contribution in [0.4, 0.5) is 0 Å². The van der Waals surface area contributed by atoms with Gasteiger partial charge in [0, 0.05) is 33.8 Å². The van der Waals surface area contributed by atoms with Crippen LogP contribution in [-0.2, 0) is 37.9 Å². The molecule has 43 heavy (non-hydrogen) atoms. The fraction of sp³-hybridized carbons (Fsp3) is 0.189. The Labute approximate surface area is 268 Å². The summed E-state index contributed by atoms with van der Waals surface area (Å²) in [6.45, 7) is 7.07. The van der Waals surface area contributed by atoms with Crippen LogP contribution in [0, 0.1) is 18.5 Å². The van der Waals surface area contributed by atoms with Gasteiger partial charge in [-0.05, 0) is 10.9 Å². The molecule has 5 heterocycles. The van der Waals surface area contributed by atoms with Gasteiger partial charge in [0.15, 0.2) is 0 Å². The van der Waals surface area contributed by atoms with E-state index in [1.165, 1.54) is 32.1 Å². The summed E-state index contributed by atoms with van der Waals surface area (Å²) in [5.41, 5.74) is 7.84. The first-order valence-corrected chi connectivity index (χ1v) is 14.1. The van der Waals surface area contributed by atoms with Gasteiger partial charge in [0.2, 0.25) is 6.33 Å². The Bertz CT molecular complexity index is 2450. The van der Waals surface area contributed by atoms with Crippen LogP contribution in [0.15, 0.2) is 95.7 Å². The molecule has 9 rings (SSSR count). The van der Waals surface area contributed by atoms with Gasteiger partial charge in [-0.3, -0.25) is 4.98 Å². The van der Waals surface area contributed by atoms with Crippen molar-refractivity contribution in [3.8, 4) is 5.69 Å². The Hall–Kier alpha value is -4.25. The minimum atomic E-state index is -2.30. The van der Waals surface area contributed by atoms with Crippen molar-refractivity contribution >= 4 is 49.3 Å². The number of fused-ring (bicyclic) bond motifs is 5. The maximum absolute atomic E-state index is 7.68. The number of hydrogen-bond acceptors (Lipinski definition) is 2. The quantitative estimate of drug-likeness (QED) is 0.0979. The summed E-state index contributed by atoms with van der Waals surface area (Å²) in [5.74, 6) is 0. The van der Waals surface area contributed by atoms with Gasteiger partial charge >= 0.3 is 20.1 Å². The number of nitrogens with zero attached hydrogens (tertiary/aromatic N) is 4. The molecule has 0 saturated carbocycles. The van der Waals surface area contributed by atoms with E-state index in [1.807, 2.05) is 36.4 Å². The van der Waals surface area contributed by atoms with Crippen molar-refractivity contribution in [2.45, 2.75) is 38.5 Å². The van der Waals surface area contributed by atoms with Gasteiger partial charge in [-0.1, -0.05) is 80.9 Å². The van der Waals surface area contributed by atoms with E-state index < -0.39 is 6.98 Å². The second-order valence-corrected chi connectivity index (χ2v) is 12.0. The first kappa shape index (κ1) is 24.2. The van der Waals surface area contributed by atoms with E-state index in [9.17, 15) is 0 Å². The van der Waals surface area contributed by atoms with Crippen LogP contribution < -0.4 is 4.57 Å². The third kappa shape index (κ3) is 3.73. The fourth-order valence-electron chi connectivity index (χ4n) is 6.50. The van der Waals surface area contributed by atoms with E-state index >= 15 is 0 Å². The van der Waals surface area contributed by atoms with Gasteiger partial charge in [0.1, 0.15) is 0 Å². The number of imidazole rings is 2. The summed E-state index contributed by atoms with van der Waals surface area (Å²) in [6, 6.07) is 32.2. The summed E-state index contributed by atoms with van der Waals surface area (Å²) in [7, 11) is 0. The van der Waals surface area contributed by atoms with E-state index in [2.05, 4.69) is 87.1 Å². The average molecular weight is 742 g/mol. The minimum Gasteiger partial charge on any atom is -0.514 e. The Kier molecular flexibility index (Phi) is 5.43. The minimum absolute atomic E-state index is 0. The molecule has 4 aromatic heterocycles. The van der Waals surface area contributed by atoms with E-state index in [1.54, 1.807) is 23.0 Å². The predicted molar refractivity (Wildman–Crippen MR) is 167 cm³/mol. The largest absolute Gasteiger partial charge is 3.00 e. The number of aryl methyl sites for hydroxylation is 1. The van der Waals surface area contributed by atoms with Crippen LogP contribution >= 0.6 is 0 Å². The Balaban J connectivity index is 0.000000144. The monoisotopic (exact) mass is 742 g/mol. The van der Waals surface area contributed by atoms with Crippen molar-refractivity contribution in [2.24, 2.45) is 6.98 Å². The number of pyridine rings is 1. The average Bonchev–Trinajstić information content (AvgIpc) is 3.76. The summed E-state index contributed by atoms with van der Waals surface area (Å²) < 4.78 is 33.8. The number of furan rings is 1. The number of benzene rings is 4. The molecule has 4 aromatic carbocycles. The Morgan fingerprint density at radius 3 is 2.47 bits per heavy atom. The summed E-state index contributed by atoms with van der Waals surface area (Å²) in [5, 5.41) is 4.44. The molecule has 0 fully saturated rings. The summed E-state index contributed by atoms with van der Waals surface area (Å²) in [4.78, 5) is 4.79. The number of hydrogen-bond donors (Lipinski definition) is 0. The van der Waals surface area contributed by atoms with Crippen molar-refractivity contribution in [1.82, 2.24) is 14.0 Å². The predicted octanol–water partition coefficient (Wildman–Crippen LogP) is 7.81. The molecule has 0 unspecified atom stereocenters. The van der Waals surface area contributed by atoms with Gasteiger partial charge in [0.25, 0.3) is 0 Å². The molecular formula is C37H30IrN4O+. The van der Waals surface area contributed by atoms with Gasteiger partial charge in [0.05, 0.1) is 39.7 Å². The zero-order valence-electron chi connectivity index (χ0n) is 27.2. The number of aromatic nitrogens is 4. The molecule has 1 aliphatic heterocycles. The molecule has 212 valence electrons. The maximum Gasteiger partial charge on any atom is 3.00 e. The summed E-state index contributed by atoms with van der Waals surface area (Å²) in [6.07, 6.45) is 6.57. The van der Waals surface area contributed by atoms with Crippen molar-refractivity contribution < 1.29 is 33.2 Å². The molecule has 0 aliphatic carbocycles. The zero-order valence-corrected chi connectivity index (χ0v) is 26.6. The number of para-hydroxylation sites is 3. The second kappa shape index (κ2) is 9.63. The first-order chi connectivity index (χ1) is 21.5. The summed E-state index contributed by atoms with van der Waals surface area (Å²) >= 11 is 0. The molecule has 6 heteroatoms. The molecule has 0 amide bonds. The van der Waals surface area contributed by atoms with Gasteiger partial charge in [-0.25, -0.2) is 0 Å². The molecule has 0 N–H and O–H groups in total. The Morgan fingerprint density at radius 1 is 0.860 bits per heavy atom. The van der Waals surface area contributed by atoms with Crippen LogP contribution in [0.3, 0.4) is 0 Å². The van der Waals surface area contributed by atoms with Crippen molar-refractivity contribution in [2.75, 3.05) is 0 Å². The first-order valence-electron chi connectivity index (χ1n) is 15.6. The molecular weight excluding hydrogens is 709 g/mol. The van der Waals surface area contributed by atoms with Gasteiger partial charge in [-0.2, -0.15) is 0 Å². The Morgan fingerprint density at radius 2 is 1.63 bits per heavy atom. The van der Waals surface area contributed by atoms with Gasteiger partial charge < -0.3 is 18.0 Å². The fourth-order valence-corrected chi connectivity index (χ4v) is 6.50. The van der Waals surface area contributed by atoms with Gasteiger partial charge in [-0.15, -0.1) is 53.9 Å². The van der Waals surface area contributed by atoms with Crippen molar-refractivity contribution in [3.05, 3.63) is 121 Å².